The number of rotatable bonds is 3. The summed E-state index contributed by atoms with van der Waals surface area (Å²) in [5.74, 6) is 0.736. The first-order valence-corrected chi connectivity index (χ1v) is 8.80. The summed E-state index contributed by atoms with van der Waals surface area (Å²) in [6.07, 6.45) is 3.51. The van der Waals surface area contributed by atoms with Gasteiger partial charge < -0.3 is 15.3 Å². The Morgan fingerprint density at radius 2 is 2.08 bits per heavy atom. The molecule has 1 amide bonds. The van der Waals surface area contributed by atoms with E-state index in [4.69, 9.17) is 0 Å². The second kappa shape index (κ2) is 7.21. The molecule has 1 saturated heterocycles. The zero-order chi connectivity index (χ0) is 17.1. The van der Waals surface area contributed by atoms with Crippen molar-refractivity contribution in [3.8, 4) is 5.75 Å². The number of nitrogens with zero attached hydrogens (tertiary/aromatic N) is 2. The van der Waals surface area contributed by atoms with Crippen molar-refractivity contribution >= 4 is 27.7 Å². The molecule has 3 rings (SSSR count). The molecule has 2 heterocycles. The lowest BCUT2D eigenvalue weighted by atomic mass is 10.0. The summed E-state index contributed by atoms with van der Waals surface area (Å²) in [7, 11) is 0. The fourth-order valence-electron chi connectivity index (χ4n) is 2.96. The number of phenols is 1. The topological polar surface area (TPSA) is 65.5 Å². The maximum atomic E-state index is 12.5. The van der Waals surface area contributed by atoms with Crippen LogP contribution in [0, 0.1) is 6.92 Å². The van der Waals surface area contributed by atoms with E-state index in [0.717, 1.165) is 37.3 Å². The molecule has 5 nitrogen and oxygen atoms in total. The van der Waals surface area contributed by atoms with Crippen LogP contribution >= 0.6 is 15.9 Å². The lowest BCUT2D eigenvalue weighted by Crippen LogP contribution is -2.45. The summed E-state index contributed by atoms with van der Waals surface area (Å²) < 4.78 is 0.539. The minimum Gasteiger partial charge on any atom is -0.506 e. The number of halogens is 1. The molecule has 0 atom stereocenters. The number of hydrogen-bond donors (Lipinski definition) is 2. The molecule has 1 aromatic heterocycles. The molecule has 0 radical (unpaired) electrons. The van der Waals surface area contributed by atoms with Gasteiger partial charge in [-0.25, -0.2) is 4.98 Å². The predicted molar refractivity (Wildman–Crippen MR) is 97.5 cm³/mol. The molecule has 0 spiro atoms. The molecular formula is C18H20BrN3O2. The van der Waals surface area contributed by atoms with E-state index < -0.39 is 0 Å². The Labute approximate surface area is 149 Å². The van der Waals surface area contributed by atoms with E-state index in [1.165, 1.54) is 0 Å². The lowest BCUT2D eigenvalue weighted by Gasteiger charge is -2.33. The third-order valence-corrected chi connectivity index (χ3v) is 4.86. The normalized spacial score (nSPS) is 15.3. The largest absolute Gasteiger partial charge is 0.506 e. The minimum atomic E-state index is -0.229. The number of phenolic OH excluding ortho intramolecular Hbond substituents is 1. The van der Waals surface area contributed by atoms with E-state index in [0.29, 0.717) is 10.0 Å². The molecule has 2 aromatic rings. The summed E-state index contributed by atoms with van der Waals surface area (Å²) in [6.45, 7) is 3.60. The Balaban J connectivity index is 1.61. The van der Waals surface area contributed by atoms with Crippen molar-refractivity contribution in [3.63, 3.8) is 0 Å². The molecular weight excluding hydrogens is 370 g/mol. The molecule has 1 aliphatic rings. The van der Waals surface area contributed by atoms with Gasteiger partial charge in [0.1, 0.15) is 11.6 Å². The number of carbonyl (C=O) groups is 1. The molecule has 1 aliphatic heterocycles. The Morgan fingerprint density at radius 1 is 1.33 bits per heavy atom. The first-order chi connectivity index (χ1) is 11.5. The molecule has 126 valence electrons. The van der Waals surface area contributed by atoms with Gasteiger partial charge in [-0.2, -0.15) is 0 Å². The second-order valence-electron chi connectivity index (χ2n) is 6.07. The van der Waals surface area contributed by atoms with Crippen LogP contribution in [0.1, 0.15) is 28.8 Å². The van der Waals surface area contributed by atoms with E-state index in [-0.39, 0.29) is 17.7 Å². The third kappa shape index (κ3) is 3.70. The average Bonchev–Trinajstić information content (AvgIpc) is 2.59. The first kappa shape index (κ1) is 16.8. The molecule has 0 unspecified atom stereocenters. The maximum Gasteiger partial charge on any atom is 0.255 e. The predicted octanol–water partition coefficient (Wildman–Crippen LogP) is 3.26. The first-order valence-electron chi connectivity index (χ1n) is 8.00. The van der Waals surface area contributed by atoms with Crippen LogP contribution in [0.5, 0.6) is 5.75 Å². The molecule has 0 bridgehead atoms. The summed E-state index contributed by atoms with van der Waals surface area (Å²) in [4.78, 5) is 19.1. The fourth-order valence-corrected chi connectivity index (χ4v) is 3.54. The Bertz CT molecular complexity index is 729. The summed E-state index contributed by atoms with van der Waals surface area (Å²) in [6, 6.07) is 9.49. The Hall–Kier alpha value is -2.08. The zero-order valence-electron chi connectivity index (χ0n) is 13.5. The van der Waals surface area contributed by atoms with E-state index in [1.54, 1.807) is 18.3 Å². The van der Waals surface area contributed by atoms with Crippen LogP contribution in [-0.2, 0) is 0 Å². The van der Waals surface area contributed by atoms with Crippen LogP contribution in [0.15, 0.2) is 41.0 Å². The van der Waals surface area contributed by atoms with Crippen molar-refractivity contribution in [1.29, 1.82) is 0 Å². The number of benzene rings is 1. The number of aromatic nitrogens is 1. The van der Waals surface area contributed by atoms with Crippen molar-refractivity contribution in [2.24, 2.45) is 0 Å². The molecule has 1 aromatic carbocycles. The zero-order valence-corrected chi connectivity index (χ0v) is 15.1. The van der Waals surface area contributed by atoms with Crippen molar-refractivity contribution in [1.82, 2.24) is 10.3 Å². The number of nitrogens with one attached hydrogen (secondary N) is 1. The highest BCUT2D eigenvalue weighted by atomic mass is 79.9. The van der Waals surface area contributed by atoms with Gasteiger partial charge in [-0.1, -0.05) is 6.07 Å². The van der Waals surface area contributed by atoms with E-state index >= 15 is 0 Å². The lowest BCUT2D eigenvalue weighted by molar-refractivity contribution is 0.0928. The van der Waals surface area contributed by atoms with Gasteiger partial charge >= 0.3 is 0 Å². The van der Waals surface area contributed by atoms with Gasteiger partial charge in [-0.3, -0.25) is 4.79 Å². The molecule has 24 heavy (non-hydrogen) atoms. The monoisotopic (exact) mass is 389 g/mol. The van der Waals surface area contributed by atoms with Gasteiger partial charge in [0, 0.05) is 25.3 Å². The van der Waals surface area contributed by atoms with Crippen LogP contribution in [0.3, 0.4) is 0 Å². The summed E-state index contributed by atoms with van der Waals surface area (Å²) in [5, 5.41) is 13.1. The van der Waals surface area contributed by atoms with Crippen LogP contribution in [0.2, 0.25) is 0 Å². The Kier molecular flexibility index (Phi) is 5.04. The van der Waals surface area contributed by atoms with Crippen molar-refractivity contribution in [2.45, 2.75) is 25.8 Å². The second-order valence-corrected chi connectivity index (χ2v) is 6.92. The van der Waals surface area contributed by atoms with E-state index in [2.05, 4.69) is 31.1 Å². The van der Waals surface area contributed by atoms with Crippen LogP contribution in [0.25, 0.3) is 0 Å². The van der Waals surface area contributed by atoms with Crippen molar-refractivity contribution in [3.05, 3.63) is 52.1 Å². The average molecular weight is 390 g/mol. The SMILES string of the molecule is Cc1cc(Br)c(O)c(C(=O)NC2CCN(c3ccccn3)CC2)c1. The quantitative estimate of drug-likeness (QED) is 0.845. The van der Waals surface area contributed by atoms with Crippen molar-refractivity contribution < 1.29 is 9.90 Å². The smallest absolute Gasteiger partial charge is 0.255 e. The minimum absolute atomic E-state index is 0.0102. The number of aromatic hydroxyl groups is 1. The standard InChI is InChI=1S/C18H20BrN3O2/c1-12-10-14(17(23)15(19)11-12)18(24)21-13-5-8-22(9-6-13)16-4-2-3-7-20-16/h2-4,7,10-11,13,23H,5-6,8-9H2,1H3,(H,21,24). The van der Waals surface area contributed by atoms with E-state index in [1.807, 2.05) is 25.1 Å². The van der Waals surface area contributed by atoms with Crippen LogP contribution in [-0.4, -0.2) is 35.1 Å². The van der Waals surface area contributed by atoms with Gasteiger partial charge in [0.2, 0.25) is 0 Å². The number of pyridine rings is 1. The molecule has 0 saturated carbocycles. The maximum absolute atomic E-state index is 12.5. The van der Waals surface area contributed by atoms with E-state index in [9.17, 15) is 9.90 Å². The number of amides is 1. The molecule has 0 aliphatic carbocycles. The van der Waals surface area contributed by atoms with Gasteiger partial charge in [0.05, 0.1) is 10.0 Å². The fraction of sp³-hybridized carbons (Fsp3) is 0.333. The highest BCUT2D eigenvalue weighted by molar-refractivity contribution is 9.10. The van der Waals surface area contributed by atoms with Gasteiger partial charge in [-0.15, -0.1) is 0 Å². The van der Waals surface area contributed by atoms with Gasteiger partial charge in [-0.05, 0) is 65.5 Å². The number of piperidine rings is 1. The highest BCUT2D eigenvalue weighted by Crippen LogP contribution is 2.29. The Morgan fingerprint density at radius 3 is 2.75 bits per heavy atom. The molecule has 6 heteroatoms. The number of hydrogen-bond acceptors (Lipinski definition) is 4. The summed E-state index contributed by atoms with van der Waals surface area (Å²) in [5.41, 5.74) is 1.24. The summed E-state index contributed by atoms with van der Waals surface area (Å²) >= 11 is 3.28. The number of carbonyl (C=O) groups excluding carboxylic acids is 1. The molecule has 1 fully saturated rings. The third-order valence-electron chi connectivity index (χ3n) is 4.26. The number of aryl methyl sites for hydroxylation is 1. The van der Waals surface area contributed by atoms with Gasteiger partial charge in [0.15, 0.2) is 0 Å². The van der Waals surface area contributed by atoms with Gasteiger partial charge in [0.25, 0.3) is 5.91 Å². The molecule has 2 N–H and O–H groups in total. The van der Waals surface area contributed by atoms with Crippen molar-refractivity contribution in [2.75, 3.05) is 18.0 Å². The number of anilines is 1. The highest BCUT2D eigenvalue weighted by Gasteiger charge is 2.23. The van der Waals surface area contributed by atoms with Crippen LogP contribution < -0.4 is 10.2 Å². The van der Waals surface area contributed by atoms with Crippen LogP contribution in [0.4, 0.5) is 5.82 Å².